The Hall–Kier alpha value is -2.28. The number of carbonyl (C=O) groups is 2. The standard InChI is InChI=1S/C26H27ClN2O7S2.Na/c1-29(2)24(30)12-14-37(33,34)26(38(35,36)15-13-25(31)32)20-5-3-4-18(16-20)6-10-22-11-8-19-7-9-21(27)17-23(19)28-22;/h3-11,16-17,26H,12-15H2,1-2H3,(H,31,32);/q;+1/p-1. The Labute approximate surface area is 255 Å². The number of carbonyl (C=O) groups excluding carboxylic acids is 2. The van der Waals surface area contributed by atoms with E-state index in [1.165, 1.54) is 37.2 Å². The number of aromatic nitrogens is 1. The van der Waals surface area contributed by atoms with Crippen LogP contribution in [0, 0.1) is 0 Å². The smallest absolute Gasteiger partial charge is 0.550 e. The van der Waals surface area contributed by atoms with Crippen LogP contribution in [0.5, 0.6) is 0 Å². The van der Waals surface area contributed by atoms with Crippen molar-refractivity contribution in [1.82, 2.24) is 9.88 Å². The van der Waals surface area contributed by atoms with E-state index in [1.807, 2.05) is 12.1 Å². The number of carboxylic acid groups (broad SMARTS) is 1. The van der Waals surface area contributed by atoms with Gasteiger partial charge in [-0.15, -0.1) is 0 Å². The summed E-state index contributed by atoms with van der Waals surface area (Å²) in [6.07, 6.45) is 2.06. The van der Waals surface area contributed by atoms with Crippen molar-refractivity contribution in [3.8, 4) is 0 Å². The number of amides is 1. The van der Waals surface area contributed by atoms with Gasteiger partial charge in [0, 0.05) is 43.3 Å². The van der Waals surface area contributed by atoms with Gasteiger partial charge in [-0.1, -0.05) is 48.0 Å². The van der Waals surface area contributed by atoms with Crippen LogP contribution in [0.25, 0.3) is 23.1 Å². The summed E-state index contributed by atoms with van der Waals surface area (Å²) >= 11 is 6.05. The van der Waals surface area contributed by atoms with Gasteiger partial charge in [0.1, 0.15) is 0 Å². The van der Waals surface area contributed by atoms with E-state index in [-0.39, 0.29) is 35.1 Å². The second-order valence-electron chi connectivity index (χ2n) is 8.80. The van der Waals surface area contributed by atoms with Crippen LogP contribution >= 0.6 is 11.6 Å². The molecule has 0 aliphatic rings. The molecule has 9 nitrogen and oxygen atoms in total. The average Bonchev–Trinajstić information content (AvgIpc) is 2.84. The predicted molar refractivity (Wildman–Crippen MR) is 145 cm³/mol. The topological polar surface area (TPSA) is 142 Å². The normalized spacial score (nSPS) is 12.7. The molecule has 0 radical (unpaired) electrons. The molecule has 3 rings (SSSR count). The maximum Gasteiger partial charge on any atom is 1.00 e. The number of benzene rings is 2. The third-order valence-corrected chi connectivity index (χ3v) is 11.0. The summed E-state index contributed by atoms with van der Waals surface area (Å²) in [6, 6.07) is 14.9. The van der Waals surface area contributed by atoms with Crippen LogP contribution in [0.3, 0.4) is 0 Å². The summed E-state index contributed by atoms with van der Waals surface area (Å²) in [5, 5.41) is 12.4. The number of nitrogens with zero attached hydrogens (tertiary/aromatic N) is 2. The molecule has 0 fully saturated rings. The fraction of sp³-hybridized carbons (Fsp3) is 0.269. The maximum absolute atomic E-state index is 13.2. The summed E-state index contributed by atoms with van der Waals surface area (Å²) < 4.78 is 50.6. The zero-order chi connectivity index (χ0) is 28.1. The van der Waals surface area contributed by atoms with Crippen molar-refractivity contribution in [1.29, 1.82) is 0 Å². The molecular formula is C26H26ClN2NaO7S2. The zero-order valence-corrected chi connectivity index (χ0v) is 26.1. The summed E-state index contributed by atoms with van der Waals surface area (Å²) in [4.78, 5) is 28.6. The minimum absolute atomic E-state index is 0. The number of rotatable bonds is 11. The number of hydrogen-bond acceptors (Lipinski definition) is 8. The minimum Gasteiger partial charge on any atom is -0.550 e. The molecule has 13 heteroatoms. The quantitative estimate of drug-likeness (QED) is 0.268. The fourth-order valence-corrected chi connectivity index (χ4v) is 8.71. The molecule has 1 heterocycles. The van der Waals surface area contributed by atoms with Gasteiger partial charge in [0.25, 0.3) is 0 Å². The first-order valence-electron chi connectivity index (χ1n) is 11.5. The molecule has 1 unspecified atom stereocenters. The van der Waals surface area contributed by atoms with E-state index >= 15 is 0 Å². The third kappa shape index (κ3) is 9.12. The van der Waals surface area contributed by atoms with E-state index in [0.29, 0.717) is 21.8 Å². The first-order chi connectivity index (χ1) is 17.8. The van der Waals surface area contributed by atoms with Crippen molar-refractivity contribution >= 4 is 66.2 Å². The van der Waals surface area contributed by atoms with Gasteiger partial charge < -0.3 is 14.8 Å². The number of aliphatic carboxylic acids is 1. The van der Waals surface area contributed by atoms with Crippen LogP contribution in [0.2, 0.25) is 5.02 Å². The third-order valence-electron chi connectivity index (χ3n) is 5.65. The molecule has 0 aliphatic carbocycles. The van der Waals surface area contributed by atoms with Crippen LogP contribution in [0.1, 0.15) is 34.2 Å². The molecule has 2 aromatic carbocycles. The Bertz CT molecular complexity index is 1610. The molecule has 1 amide bonds. The zero-order valence-electron chi connectivity index (χ0n) is 21.7. The van der Waals surface area contributed by atoms with Crippen molar-refractivity contribution in [3.63, 3.8) is 0 Å². The largest absolute Gasteiger partial charge is 1.00 e. The maximum atomic E-state index is 13.2. The second kappa shape index (κ2) is 13.9. The Morgan fingerprint density at radius 3 is 2.23 bits per heavy atom. The van der Waals surface area contributed by atoms with Crippen LogP contribution in [-0.4, -0.2) is 64.2 Å². The van der Waals surface area contributed by atoms with Crippen LogP contribution in [0.4, 0.5) is 0 Å². The van der Waals surface area contributed by atoms with Crippen LogP contribution in [-0.2, 0) is 29.3 Å². The van der Waals surface area contributed by atoms with Gasteiger partial charge in [0.15, 0.2) is 24.3 Å². The Kier molecular flexibility index (Phi) is 11.7. The van der Waals surface area contributed by atoms with Gasteiger partial charge in [-0.05, 0) is 41.5 Å². The second-order valence-corrected chi connectivity index (χ2v) is 13.9. The van der Waals surface area contributed by atoms with Gasteiger partial charge in [-0.25, -0.2) is 21.8 Å². The van der Waals surface area contributed by atoms with Crippen molar-refractivity contribution in [2.24, 2.45) is 0 Å². The first kappa shape index (κ1) is 32.9. The van der Waals surface area contributed by atoms with E-state index in [4.69, 9.17) is 11.6 Å². The van der Waals surface area contributed by atoms with Crippen molar-refractivity contribution < 1.29 is 61.1 Å². The van der Waals surface area contributed by atoms with E-state index < -0.39 is 60.5 Å². The van der Waals surface area contributed by atoms with E-state index in [1.54, 1.807) is 36.4 Å². The van der Waals surface area contributed by atoms with E-state index in [2.05, 4.69) is 4.98 Å². The van der Waals surface area contributed by atoms with Crippen LogP contribution in [0.15, 0.2) is 54.6 Å². The molecule has 39 heavy (non-hydrogen) atoms. The van der Waals surface area contributed by atoms with Gasteiger partial charge in [0.2, 0.25) is 5.91 Å². The SMILES string of the molecule is CN(C)C(=O)CCS(=O)(=O)C(c1cccc(C=Cc2ccc3ccc(Cl)cc3n2)c1)S(=O)(=O)CCC(=O)[O-].[Na+]. The first-order valence-corrected chi connectivity index (χ1v) is 15.3. The molecule has 0 saturated heterocycles. The minimum atomic E-state index is -4.49. The Morgan fingerprint density at radius 1 is 0.949 bits per heavy atom. The molecular weight excluding hydrogens is 575 g/mol. The van der Waals surface area contributed by atoms with Gasteiger partial charge in [0.05, 0.1) is 22.7 Å². The van der Waals surface area contributed by atoms with Crippen LogP contribution < -0.4 is 34.7 Å². The van der Waals surface area contributed by atoms with E-state index in [9.17, 15) is 31.5 Å². The predicted octanol–water partition coefficient (Wildman–Crippen LogP) is -0.491. The molecule has 1 aromatic heterocycles. The molecule has 0 spiro atoms. The number of fused-ring (bicyclic) bond motifs is 1. The van der Waals surface area contributed by atoms with Crippen molar-refractivity contribution in [2.75, 3.05) is 25.6 Å². The number of halogens is 1. The number of sulfone groups is 2. The monoisotopic (exact) mass is 600 g/mol. The van der Waals surface area contributed by atoms with E-state index in [0.717, 1.165) is 5.39 Å². The molecule has 0 N–H and O–H groups in total. The van der Waals surface area contributed by atoms with Gasteiger partial charge >= 0.3 is 29.6 Å². The molecule has 202 valence electrons. The number of carboxylic acids is 1. The molecule has 3 aromatic rings. The summed E-state index contributed by atoms with van der Waals surface area (Å²) in [5.41, 5.74) is 1.72. The summed E-state index contributed by atoms with van der Waals surface area (Å²) in [5.74, 6) is -3.75. The molecule has 0 aliphatic heterocycles. The Morgan fingerprint density at radius 2 is 1.59 bits per heavy atom. The fourth-order valence-electron chi connectivity index (χ4n) is 3.72. The number of hydrogen-bond donors (Lipinski definition) is 0. The van der Waals surface area contributed by atoms with Crippen molar-refractivity contribution in [3.05, 3.63) is 76.4 Å². The molecule has 1 atom stereocenters. The van der Waals surface area contributed by atoms with Gasteiger partial charge in [-0.2, -0.15) is 0 Å². The Balaban J connectivity index is 0.00000533. The summed E-state index contributed by atoms with van der Waals surface area (Å²) in [6.45, 7) is 0. The molecule has 0 bridgehead atoms. The van der Waals surface area contributed by atoms with Gasteiger partial charge in [-0.3, -0.25) is 4.79 Å². The number of pyridine rings is 1. The molecule has 0 saturated carbocycles. The summed E-state index contributed by atoms with van der Waals surface area (Å²) in [7, 11) is -6.00. The van der Waals surface area contributed by atoms with Crippen molar-refractivity contribution in [2.45, 2.75) is 17.4 Å². The average molecular weight is 601 g/mol.